The molecular formula is C31H36F2N10S. The number of benzene rings is 2. The average molecular weight is 619 g/mol. The van der Waals surface area contributed by atoms with Gasteiger partial charge < -0.3 is 20.4 Å². The largest absolute Gasteiger partial charge is 0.367 e. The maximum Gasteiger partial charge on any atom is 0.229 e. The molecule has 44 heavy (non-hydrogen) atoms. The van der Waals surface area contributed by atoms with Gasteiger partial charge in [0.25, 0.3) is 0 Å². The Bertz CT molecular complexity index is 1610. The number of hydrogen-bond acceptors (Lipinski definition) is 11. The number of aromatic nitrogens is 4. The summed E-state index contributed by atoms with van der Waals surface area (Å²) in [6, 6.07) is 6.83. The zero-order chi connectivity index (χ0) is 30.6. The topological polar surface area (TPSA) is 97.4 Å². The van der Waals surface area contributed by atoms with Crippen LogP contribution in [0.3, 0.4) is 0 Å². The van der Waals surface area contributed by atoms with Crippen LogP contribution in [-0.4, -0.2) is 89.1 Å². The van der Waals surface area contributed by atoms with E-state index in [1.54, 1.807) is 24.7 Å². The first-order chi connectivity index (χ1) is 21.4. The number of likely N-dealkylation sites (N-methyl/N-ethyl adjacent to an activating group) is 1. The number of fused-ring (bicyclic) bond motifs is 1. The maximum atomic E-state index is 15.4. The predicted octanol–water partition coefficient (Wildman–Crippen LogP) is 5.27. The fourth-order valence-electron chi connectivity index (χ4n) is 5.85. The number of piperazine rings is 1. The summed E-state index contributed by atoms with van der Waals surface area (Å²) in [6.45, 7) is 9.33. The number of rotatable bonds is 9. The number of nitrogens with zero attached hydrogens (tertiary/aromatic N) is 7. The highest BCUT2D eigenvalue weighted by atomic mass is 32.2. The minimum atomic E-state index is -0.613. The van der Waals surface area contributed by atoms with Crippen molar-refractivity contribution >= 4 is 57.9 Å². The van der Waals surface area contributed by atoms with Crippen molar-refractivity contribution in [2.75, 3.05) is 68.9 Å². The fourth-order valence-corrected chi connectivity index (χ4v) is 6.54. The quantitative estimate of drug-likeness (QED) is 0.214. The van der Waals surface area contributed by atoms with Crippen molar-refractivity contribution in [3.05, 3.63) is 66.6 Å². The molecule has 2 aromatic carbocycles. The van der Waals surface area contributed by atoms with Crippen molar-refractivity contribution in [2.24, 2.45) is 0 Å². The van der Waals surface area contributed by atoms with Gasteiger partial charge in [-0.2, -0.15) is 4.98 Å². The smallest absolute Gasteiger partial charge is 0.229 e. The molecule has 4 heterocycles. The molecule has 13 heteroatoms. The molecule has 3 N–H and O–H groups in total. The van der Waals surface area contributed by atoms with Crippen molar-refractivity contribution in [1.29, 1.82) is 0 Å². The molecule has 230 valence electrons. The normalized spacial score (nSPS) is 16.8. The van der Waals surface area contributed by atoms with Crippen LogP contribution < -0.4 is 20.3 Å². The van der Waals surface area contributed by atoms with Crippen LogP contribution >= 0.6 is 11.9 Å². The molecule has 2 aliphatic rings. The first-order valence-corrected chi connectivity index (χ1v) is 15.5. The third-order valence-electron chi connectivity index (χ3n) is 8.20. The highest BCUT2D eigenvalue weighted by Crippen LogP contribution is 2.35. The van der Waals surface area contributed by atoms with Crippen molar-refractivity contribution in [3.8, 4) is 0 Å². The summed E-state index contributed by atoms with van der Waals surface area (Å²) in [5.74, 6) is -0.573. The molecule has 4 aromatic rings. The molecule has 2 saturated heterocycles. The van der Waals surface area contributed by atoms with Crippen LogP contribution in [0.15, 0.2) is 54.3 Å². The van der Waals surface area contributed by atoms with Gasteiger partial charge in [-0.15, -0.1) is 0 Å². The van der Waals surface area contributed by atoms with E-state index >= 15 is 8.78 Å². The zero-order valence-electron chi connectivity index (χ0n) is 24.9. The lowest BCUT2D eigenvalue weighted by atomic mass is 10.0. The van der Waals surface area contributed by atoms with Crippen LogP contribution in [0.25, 0.3) is 17.1 Å². The lowest BCUT2D eigenvalue weighted by Gasteiger charge is -2.42. The highest BCUT2D eigenvalue weighted by Gasteiger charge is 2.29. The van der Waals surface area contributed by atoms with Gasteiger partial charge in [-0.05, 0) is 63.2 Å². The number of hydrogen-bond donors (Lipinski definition) is 3. The van der Waals surface area contributed by atoms with E-state index < -0.39 is 11.6 Å². The van der Waals surface area contributed by atoms with Gasteiger partial charge in [-0.3, -0.25) is 19.6 Å². The number of halogens is 2. The molecule has 6 rings (SSSR count). The van der Waals surface area contributed by atoms with Gasteiger partial charge in [0.15, 0.2) is 11.6 Å². The molecule has 0 amide bonds. The summed E-state index contributed by atoms with van der Waals surface area (Å²) >= 11 is 1.40. The van der Waals surface area contributed by atoms with Gasteiger partial charge in [0.05, 0.1) is 16.1 Å². The zero-order valence-corrected chi connectivity index (χ0v) is 25.7. The van der Waals surface area contributed by atoms with E-state index in [2.05, 4.69) is 58.7 Å². The van der Waals surface area contributed by atoms with Crippen molar-refractivity contribution < 1.29 is 8.78 Å². The summed E-state index contributed by atoms with van der Waals surface area (Å²) in [4.78, 5) is 25.4. The van der Waals surface area contributed by atoms with E-state index in [4.69, 9.17) is 0 Å². The van der Waals surface area contributed by atoms with E-state index in [1.165, 1.54) is 24.1 Å². The first-order valence-electron chi connectivity index (χ1n) is 14.7. The second kappa shape index (κ2) is 13.4. The van der Waals surface area contributed by atoms with E-state index in [1.807, 2.05) is 24.1 Å². The summed E-state index contributed by atoms with van der Waals surface area (Å²) in [5.41, 5.74) is 3.15. The monoisotopic (exact) mass is 618 g/mol. The second-order valence-corrected chi connectivity index (χ2v) is 12.0. The van der Waals surface area contributed by atoms with Gasteiger partial charge >= 0.3 is 0 Å². The molecule has 0 unspecified atom stereocenters. The molecule has 2 aromatic heterocycles. The van der Waals surface area contributed by atoms with Crippen LogP contribution in [0.2, 0.25) is 0 Å². The van der Waals surface area contributed by atoms with Crippen molar-refractivity contribution in [3.63, 3.8) is 0 Å². The average Bonchev–Trinajstić information content (AvgIpc) is 3.03. The van der Waals surface area contributed by atoms with Gasteiger partial charge in [0.2, 0.25) is 5.95 Å². The minimum Gasteiger partial charge on any atom is -0.367 e. The Labute approximate surface area is 260 Å². The Hall–Kier alpha value is -3.91. The van der Waals surface area contributed by atoms with Crippen LogP contribution in [0.1, 0.15) is 18.4 Å². The molecule has 0 saturated carbocycles. The van der Waals surface area contributed by atoms with Crippen LogP contribution in [-0.2, 0) is 0 Å². The van der Waals surface area contributed by atoms with E-state index in [9.17, 15) is 0 Å². The van der Waals surface area contributed by atoms with E-state index in [-0.39, 0.29) is 17.3 Å². The van der Waals surface area contributed by atoms with Crippen LogP contribution in [0, 0.1) is 11.6 Å². The van der Waals surface area contributed by atoms with Crippen molar-refractivity contribution in [1.82, 2.24) is 34.5 Å². The first kappa shape index (κ1) is 30.1. The third-order valence-corrected chi connectivity index (χ3v) is 9.02. The van der Waals surface area contributed by atoms with Crippen molar-refractivity contribution in [2.45, 2.75) is 23.8 Å². The van der Waals surface area contributed by atoms with Crippen LogP contribution in [0.5, 0.6) is 0 Å². The number of anilines is 5. The molecule has 0 bridgehead atoms. The number of piperidine rings is 1. The predicted molar refractivity (Wildman–Crippen MR) is 174 cm³/mol. The Balaban J connectivity index is 1.18. The highest BCUT2D eigenvalue weighted by molar-refractivity contribution is 7.97. The summed E-state index contributed by atoms with van der Waals surface area (Å²) in [6.07, 6.45) is 8.31. The minimum absolute atomic E-state index is 0.0200. The molecule has 0 aliphatic carbocycles. The Morgan fingerprint density at radius 2 is 1.68 bits per heavy atom. The summed E-state index contributed by atoms with van der Waals surface area (Å²) in [7, 11) is 3.97. The lowest BCUT2D eigenvalue weighted by molar-refractivity contribution is 0.0980. The van der Waals surface area contributed by atoms with Gasteiger partial charge in [0, 0.05) is 75.2 Å². The van der Waals surface area contributed by atoms with E-state index in [0.29, 0.717) is 30.5 Å². The molecule has 2 fully saturated rings. The maximum absolute atomic E-state index is 15.4. The molecule has 10 nitrogen and oxygen atoms in total. The summed E-state index contributed by atoms with van der Waals surface area (Å²) < 4.78 is 33.9. The Morgan fingerprint density at radius 3 is 2.39 bits per heavy atom. The Morgan fingerprint density at radius 1 is 0.955 bits per heavy atom. The molecule has 0 atom stereocenters. The molecule has 2 aliphatic heterocycles. The fraction of sp³-hybridized carbons (Fsp3) is 0.355. The summed E-state index contributed by atoms with van der Waals surface area (Å²) in [5, 5.41) is 6.32. The molecule has 0 radical (unpaired) electrons. The Kier molecular flexibility index (Phi) is 9.17. The van der Waals surface area contributed by atoms with Gasteiger partial charge in [-0.1, -0.05) is 12.7 Å². The van der Waals surface area contributed by atoms with Gasteiger partial charge in [0.1, 0.15) is 17.0 Å². The SMILES string of the molecule is C=Cc1cnc(Nc2cc(F)c(N3CCC(N4CCN(C)CC4)CC3)c(F)c2)nc1Nc1ccc2nccnc2c1SNC. The lowest BCUT2D eigenvalue weighted by Crippen LogP contribution is -2.52. The molecular weight excluding hydrogens is 582 g/mol. The second-order valence-electron chi connectivity index (χ2n) is 11.0. The van der Waals surface area contributed by atoms with Gasteiger partial charge in [-0.25, -0.2) is 13.8 Å². The standard InChI is InChI=1S/C31H36F2N10S/c1-4-20-19-37-31(40-30(20)39-26-6-5-25-27(29(26)44-34-2)36-10-9-35-25)38-21-17-23(32)28(24(33)18-21)43-11-7-22(8-12-43)42-15-13-41(3)14-16-42/h4-6,9-10,17-19,22,34H,1,7-8,11-16H2,2-3H3,(H2,37,38,39,40). The van der Waals surface area contributed by atoms with E-state index in [0.717, 1.165) is 60.6 Å². The molecule has 0 spiro atoms. The third kappa shape index (κ3) is 6.46. The van der Waals surface area contributed by atoms with Crippen LogP contribution in [0.4, 0.5) is 37.6 Å². The number of nitrogens with one attached hydrogen (secondary N) is 3.